The van der Waals surface area contributed by atoms with Crippen molar-refractivity contribution in [3.8, 4) is 5.75 Å². The molecule has 1 aliphatic rings. The number of nitrogens with zero attached hydrogens (tertiary/aromatic N) is 1. The summed E-state index contributed by atoms with van der Waals surface area (Å²) in [6.45, 7) is 5.45. The summed E-state index contributed by atoms with van der Waals surface area (Å²) in [6.07, 6.45) is 2.27. The topological polar surface area (TPSA) is 90.0 Å². The summed E-state index contributed by atoms with van der Waals surface area (Å²) in [4.78, 5) is 50.5. The number of benzene rings is 2. The average Bonchev–Trinajstić information content (AvgIpc) is 3.08. The lowest BCUT2D eigenvalue weighted by Crippen LogP contribution is -2.36. The van der Waals surface area contributed by atoms with Gasteiger partial charge in [0.25, 0.3) is 11.8 Å². The van der Waals surface area contributed by atoms with E-state index in [-0.39, 0.29) is 24.9 Å². The van der Waals surface area contributed by atoms with Crippen LogP contribution in [-0.2, 0) is 15.3 Å². The fraction of sp³-hybridized carbons (Fsp3) is 0.407. The number of esters is 1. The summed E-state index contributed by atoms with van der Waals surface area (Å²) < 4.78 is 10.7. The molecule has 2 amide bonds. The van der Waals surface area contributed by atoms with Crippen LogP contribution in [0.4, 0.5) is 0 Å². The summed E-state index contributed by atoms with van der Waals surface area (Å²) in [6, 6.07) is 12.0. The second-order valence-corrected chi connectivity index (χ2v) is 9.70. The first-order chi connectivity index (χ1) is 16.8. The zero-order valence-corrected chi connectivity index (χ0v) is 21.2. The van der Waals surface area contributed by atoms with Crippen molar-refractivity contribution in [1.29, 1.82) is 0 Å². The number of unbranched alkanes of at least 4 members (excludes halogenated alkanes) is 1. The van der Waals surface area contributed by atoms with Crippen molar-refractivity contribution < 1.29 is 28.7 Å². The summed E-state index contributed by atoms with van der Waals surface area (Å²) in [7, 11) is 0. The Morgan fingerprint density at radius 3 is 2.37 bits per heavy atom. The van der Waals surface area contributed by atoms with E-state index in [0.29, 0.717) is 22.4 Å². The van der Waals surface area contributed by atoms with Gasteiger partial charge in [-0.15, -0.1) is 0 Å². The van der Waals surface area contributed by atoms with Gasteiger partial charge in [0, 0.05) is 17.2 Å². The fourth-order valence-electron chi connectivity index (χ4n) is 3.55. The van der Waals surface area contributed by atoms with Crippen LogP contribution in [0, 0.1) is 5.92 Å². The standard InChI is InChI=1S/C27H31NO6S/c1-4-5-14-35-17-19-6-11-22-23(15-19)27(32)28(26(22)31)16-24(29)34-13-12-33-21-9-7-20(8-10-21)25(30)18(2)3/h6-11,15,18H,4-5,12-14,16-17H2,1-3H3. The molecule has 0 atom stereocenters. The number of rotatable bonds is 13. The molecule has 0 bridgehead atoms. The molecule has 0 unspecified atom stereocenters. The molecule has 1 heterocycles. The van der Waals surface area contributed by atoms with Gasteiger partial charge in [-0.2, -0.15) is 11.8 Å². The smallest absolute Gasteiger partial charge is 0.326 e. The number of ketones is 1. The summed E-state index contributed by atoms with van der Waals surface area (Å²) in [5.74, 6) is 0.690. The number of fused-ring (bicyclic) bond motifs is 1. The third-order valence-electron chi connectivity index (χ3n) is 5.51. The molecule has 0 saturated heterocycles. The summed E-state index contributed by atoms with van der Waals surface area (Å²) in [5, 5.41) is 0. The zero-order chi connectivity index (χ0) is 25.4. The normalized spacial score (nSPS) is 12.7. The Balaban J connectivity index is 1.45. The van der Waals surface area contributed by atoms with Crippen molar-refractivity contribution in [3.63, 3.8) is 0 Å². The van der Waals surface area contributed by atoms with Crippen LogP contribution >= 0.6 is 11.8 Å². The molecule has 0 radical (unpaired) electrons. The maximum Gasteiger partial charge on any atom is 0.326 e. The van der Waals surface area contributed by atoms with Gasteiger partial charge in [-0.1, -0.05) is 33.3 Å². The van der Waals surface area contributed by atoms with E-state index in [2.05, 4.69) is 6.92 Å². The van der Waals surface area contributed by atoms with Gasteiger partial charge in [-0.3, -0.25) is 24.1 Å². The molecule has 0 fully saturated rings. The Morgan fingerprint density at radius 1 is 0.971 bits per heavy atom. The summed E-state index contributed by atoms with van der Waals surface area (Å²) in [5.41, 5.74) is 2.24. The van der Waals surface area contributed by atoms with Crippen LogP contribution in [-0.4, -0.2) is 54.0 Å². The highest BCUT2D eigenvalue weighted by atomic mass is 32.2. The predicted molar refractivity (Wildman–Crippen MR) is 135 cm³/mol. The van der Waals surface area contributed by atoms with Crippen molar-refractivity contribution >= 4 is 35.3 Å². The van der Waals surface area contributed by atoms with E-state index in [1.54, 1.807) is 48.2 Å². The predicted octanol–water partition coefficient (Wildman–Crippen LogP) is 4.78. The van der Waals surface area contributed by atoms with Crippen molar-refractivity contribution in [2.45, 2.75) is 39.4 Å². The molecule has 186 valence electrons. The average molecular weight is 498 g/mol. The SMILES string of the molecule is CCCCSCc1ccc2c(c1)C(=O)N(CC(=O)OCCOc1ccc(C(=O)C(C)C)cc1)C2=O. The molecule has 7 nitrogen and oxygen atoms in total. The van der Waals surface area contributed by atoms with Crippen LogP contribution < -0.4 is 4.74 Å². The van der Waals surface area contributed by atoms with E-state index < -0.39 is 24.3 Å². The van der Waals surface area contributed by atoms with Crippen LogP contribution in [0.25, 0.3) is 0 Å². The molecule has 1 aliphatic heterocycles. The van der Waals surface area contributed by atoms with E-state index in [1.807, 2.05) is 19.9 Å². The molecule has 3 rings (SSSR count). The number of thioether (sulfide) groups is 1. The second kappa shape index (κ2) is 12.5. The lowest BCUT2D eigenvalue weighted by Gasteiger charge is -2.13. The number of imide groups is 1. The highest BCUT2D eigenvalue weighted by Gasteiger charge is 2.37. The van der Waals surface area contributed by atoms with Gasteiger partial charge < -0.3 is 9.47 Å². The van der Waals surface area contributed by atoms with Crippen LogP contribution in [0.2, 0.25) is 0 Å². The number of carbonyl (C=O) groups is 4. The third kappa shape index (κ3) is 6.94. The second-order valence-electron chi connectivity index (χ2n) is 8.59. The molecule has 2 aromatic rings. The molecular weight excluding hydrogens is 466 g/mol. The fourth-order valence-corrected chi connectivity index (χ4v) is 4.60. The molecule has 0 saturated carbocycles. The lowest BCUT2D eigenvalue weighted by molar-refractivity contribution is -0.144. The molecule has 35 heavy (non-hydrogen) atoms. The van der Waals surface area contributed by atoms with Gasteiger partial charge >= 0.3 is 5.97 Å². The first kappa shape index (κ1) is 26.5. The molecule has 0 spiro atoms. The van der Waals surface area contributed by atoms with Crippen molar-refractivity contribution in [3.05, 3.63) is 64.7 Å². The van der Waals surface area contributed by atoms with Crippen LogP contribution in [0.3, 0.4) is 0 Å². The summed E-state index contributed by atoms with van der Waals surface area (Å²) >= 11 is 1.79. The zero-order valence-electron chi connectivity index (χ0n) is 20.4. The van der Waals surface area contributed by atoms with Crippen molar-refractivity contribution in [2.75, 3.05) is 25.5 Å². The minimum atomic E-state index is -0.684. The van der Waals surface area contributed by atoms with E-state index >= 15 is 0 Å². The third-order valence-corrected chi connectivity index (χ3v) is 6.63. The largest absolute Gasteiger partial charge is 0.490 e. The minimum absolute atomic E-state index is 0.0339. The molecular formula is C27H31NO6S. The van der Waals surface area contributed by atoms with Gasteiger partial charge in [0.1, 0.15) is 25.5 Å². The molecule has 0 N–H and O–H groups in total. The molecule has 8 heteroatoms. The van der Waals surface area contributed by atoms with E-state index in [0.717, 1.165) is 34.8 Å². The van der Waals surface area contributed by atoms with E-state index in [4.69, 9.17) is 9.47 Å². The highest BCUT2D eigenvalue weighted by molar-refractivity contribution is 7.98. The Labute approximate surface area is 210 Å². The van der Waals surface area contributed by atoms with E-state index in [1.165, 1.54) is 0 Å². The van der Waals surface area contributed by atoms with Crippen LogP contribution in [0.1, 0.15) is 70.3 Å². The highest BCUT2D eigenvalue weighted by Crippen LogP contribution is 2.26. The number of hydrogen-bond acceptors (Lipinski definition) is 7. The molecule has 2 aromatic carbocycles. The number of Topliss-reactive ketones (excluding diaryl/α,β-unsaturated/α-hetero) is 1. The van der Waals surface area contributed by atoms with Crippen LogP contribution in [0.5, 0.6) is 5.75 Å². The minimum Gasteiger partial charge on any atom is -0.490 e. The van der Waals surface area contributed by atoms with Gasteiger partial charge in [0.2, 0.25) is 0 Å². The van der Waals surface area contributed by atoms with Crippen LogP contribution in [0.15, 0.2) is 42.5 Å². The Bertz CT molecular complexity index is 1080. The first-order valence-electron chi connectivity index (χ1n) is 11.8. The Morgan fingerprint density at radius 2 is 1.69 bits per heavy atom. The quantitative estimate of drug-likeness (QED) is 0.170. The van der Waals surface area contributed by atoms with Gasteiger partial charge in [-0.05, 0) is 54.1 Å². The van der Waals surface area contributed by atoms with Gasteiger partial charge in [-0.25, -0.2) is 0 Å². The number of carbonyl (C=O) groups excluding carboxylic acids is 4. The monoisotopic (exact) mass is 497 g/mol. The maximum atomic E-state index is 12.7. The van der Waals surface area contributed by atoms with Crippen molar-refractivity contribution in [2.24, 2.45) is 5.92 Å². The number of ether oxygens (including phenoxy) is 2. The van der Waals surface area contributed by atoms with Crippen molar-refractivity contribution in [1.82, 2.24) is 4.90 Å². The van der Waals surface area contributed by atoms with E-state index in [9.17, 15) is 19.2 Å². The Hall–Kier alpha value is -3.13. The number of amides is 2. The lowest BCUT2D eigenvalue weighted by atomic mass is 10.0. The molecule has 0 aromatic heterocycles. The Kier molecular flexibility index (Phi) is 9.48. The number of hydrogen-bond donors (Lipinski definition) is 0. The van der Waals surface area contributed by atoms with Gasteiger partial charge in [0.15, 0.2) is 5.78 Å². The molecule has 0 aliphatic carbocycles. The van der Waals surface area contributed by atoms with Gasteiger partial charge in [0.05, 0.1) is 11.1 Å². The maximum absolute atomic E-state index is 12.7. The first-order valence-corrected chi connectivity index (χ1v) is 13.0.